The van der Waals surface area contributed by atoms with Crippen molar-refractivity contribution in [2.75, 3.05) is 5.32 Å². The van der Waals surface area contributed by atoms with Crippen LogP contribution in [0.15, 0.2) is 65.2 Å². The quantitative estimate of drug-likeness (QED) is 0.789. The molecule has 1 aromatic heterocycles. The Balaban J connectivity index is 1.81. The molecule has 2 aromatic carbocycles. The second kappa shape index (κ2) is 6.13. The van der Waals surface area contributed by atoms with Crippen LogP contribution in [0.25, 0.3) is 0 Å². The van der Waals surface area contributed by atoms with Crippen molar-refractivity contribution in [3.63, 3.8) is 0 Å². The number of aromatic nitrogens is 1. The summed E-state index contributed by atoms with van der Waals surface area (Å²) in [5.41, 5.74) is 0.795. The monoisotopic (exact) mass is 294 g/mol. The van der Waals surface area contributed by atoms with Crippen LogP contribution in [0, 0.1) is 6.92 Å². The number of aryl methyl sites for hydroxylation is 1. The van der Waals surface area contributed by atoms with Gasteiger partial charge in [0.1, 0.15) is 11.5 Å². The third-order valence-corrected chi connectivity index (χ3v) is 2.97. The summed E-state index contributed by atoms with van der Waals surface area (Å²) in [6, 6.07) is 18.2. The lowest BCUT2D eigenvalue weighted by Crippen LogP contribution is -2.12. The van der Waals surface area contributed by atoms with Crippen molar-refractivity contribution in [1.29, 1.82) is 0 Å². The summed E-state index contributed by atoms with van der Waals surface area (Å²) in [4.78, 5) is 12.1. The van der Waals surface area contributed by atoms with Crippen LogP contribution in [0.3, 0.4) is 0 Å². The lowest BCUT2D eigenvalue weighted by molar-refractivity contribution is 0.101. The Bertz CT molecular complexity index is 781. The van der Waals surface area contributed by atoms with E-state index in [1.54, 1.807) is 25.1 Å². The average molecular weight is 294 g/mol. The van der Waals surface area contributed by atoms with E-state index in [4.69, 9.17) is 9.26 Å². The van der Waals surface area contributed by atoms with E-state index in [0.29, 0.717) is 22.9 Å². The molecule has 0 unspecified atom stereocenters. The molecule has 0 aliphatic carbocycles. The number of nitrogens with one attached hydrogen (secondary N) is 1. The van der Waals surface area contributed by atoms with Gasteiger partial charge in [-0.25, -0.2) is 0 Å². The molecule has 0 aliphatic heterocycles. The number of carbonyl (C=O) groups excluding carboxylic acids is 1. The molecule has 5 nitrogen and oxygen atoms in total. The van der Waals surface area contributed by atoms with Crippen LogP contribution in [-0.2, 0) is 0 Å². The van der Waals surface area contributed by atoms with Gasteiger partial charge < -0.3 is 14.6 Å². The van der Waals surface area contributed by atoms with Gasteiger partial charge in [-0.05, 0) is 31.2 Å². The van der Waals surface area contributed by atoms with E-state index < -0.39 is 0 Å². The molecule has 22 heavy (non-hydrogen) atoms. The van der Waals surface area contributed by atoms with Gasteiger partial charge in [-0.3, -0.25) is 4.79 Å². The van der Waals surface area contributed by atoms with Crippen LogP contribution in [0.5, 0.6) is 11.5 Å². The first kappa shape index (κ1) is 13.9. The fourth-order valence-electron chi connectivity index (χ4n) is 1.93. The van der Waals surface area contributed by atoms with E-state index in [2.05, 4.69) is 10.5 Å². The predicted octanol–water partition coefficient (Wildman–Crippen LogP) is 4.03. The van der Waals surface area contributed by atoms with Crippen LogP contribution in [0.1, 0.15) is 16.2 Å². The van der Waals surface area contributed by atoms with E-state index in [-0.39, 0.29) is 11.6 Å². The van der Waals surface area contributed by atoms with Crippen molar-refractivity contribution >= 4 is 11.6 Å². The topological polar surface area (TPSA) is 64.4 Å². The Labute approximate surface area is 127 Å². The summed E-state index contributed by atoms with van der Waals surface area (Å²) in [5.74, 6) is 1.49. The van der Waals surface area contributed by atoms with Gasteiger partial charge in [-0.2, -0.15) is 0 Å². The molecule has 3 aromatic rings. The molecule has 110 valence electrons. The third-order valence-electron chi connectivity index (χ3n) is 2.97. The van der Waals surface area contributed by atoms with Gasteiger partial charge in [0.15, 0.2) is 11.4 Å². The summed E-state index contributed by atoms with van der Waals surface area (Å²) in [5, 5.41) is 6.47. The van der Waals surface area contributed by atoms with Gasteiger partial charge in [0.05, 0.1) is 5.69 Å². The number of rotatable bonds is 4. The van der Waals surface area contributed by atoms with E-state index in [0.717, 1.165) is 0 Å². The van der Waals surface area contributed by atoms with Crippen molar-refractivity contribution in [3.8, 4) is 11.5 Å². The number of ether oxygens (including phenoxy) is 1. The van der Waals surface area contributed by atoms with Gasteiger partial charge in [0.2, 0.25) is 0 Å². The molecule has 0 atom stereocenters. The maximum atomic E-state index is 12.1. The highest BCUT2D eigenvalue weighted by atomic mass is 16.5. The molecular weight excluding hydrogens is 280 g/mol. The molecule has 0 saturated heterocycles. The number of carbonyl (C=O) groups is 1. The number of amides is 1. The summed E-state index contributed by atoms with van der Waals surface area (Å²) < 4.78 is 10.7. The van der Waals surface area contributed by atoms with Crippen molar-refractivity contribution in [1.82, 2.24) is 5.16 Å². The van der Waals surface area contributed by atoms with Crippen molar-refractivity contribution in [2.24, 2.45) is 0 Å². The lowest BCUT2D eigenvalue weighted by atomic mass is 10.2. The standard InChI is InChI=1S/C17H14N2O3/c1-12-11-15(19-22-12)17(20)18-14-9-5-6-10-16(14)21-13-7-3-2-4-8-13/h2-11H,1H3,(H,18,20). The van der Waals surface area contributed by atoms with Crippen molar-refractivity contribution in [2.45, 2.75) is 6.92 Å². The SMILES string of the molecule is Cc1cc(C(=O)Nc2ccccc2Oc2ccccc2)no1. The maximum Gasteiger partial charge on any atom is 0.277 e. The van der Waals surface area contributed by atoms with Gasteiger partial charge in [0, 0.05) is 6.07 Å². The summed E-state index contributed by atoms with van der Waals surface area (Å²) in [7, 11) is 0. The number of nitrogens with zero attached hydrogens (tertiary/aromatic N) is 1. The molecule has 0 spiro atoms. The number of hydrogen-bond acceptors (Lipinski definition) is 4. The van der Waals surface area contributed by atoms with Gasteiger partial charge in [0.25, 0.3) is 5.91 Å². The Morgan fingerprint density at radius 3 is 2.55 bits per heavy atom. The molecule has 3 rings (SSSR count). The highest BCUT2D eigenvalue weighted by Gasteiger charge is 2.13. The van der Waals surface area contributed by atoms with Crippen LogP contribution >= 0.6 is 0 Å². The summed E-state index contributed by atoms with van der Waals surface area (Å²) in [6.07, 6.45) is 0. The van der Waals surface area contributed by atoms with Crippen molar-refractivity contribution < 1.29 is 14.1 Å². The largest absolute Gasteiger partial charge is 0.455 e. The Hall–Kier alpha value is -3.08. The third kappa shape index (κ3) is 3.15. The lowest BCUT2D eigenvalue weighted by Gasteiger charge is -2.11. The normalized spacial score (nSPS) is 10.2. The predicted molar refractivity (Wildman–Crippen MR) is 82.2 cm³/mol. The zero-order chi connectivity index (χ0) is 15.4. The average Bonchev–Trinajstić information content (AvgIpc) is 2.97. The van der Waals surface area contributed by atoms with Crippen molar-refractivity contribution in [3.05, 3.63) is 72.1 Å². The second-order valence-corrected chi connectivity index (χ2v) is 4.69. The first-order valence-electron chi connectivity index (χ1n) is 6.79. The molecule has 1 heterocycles. The Morgan fingerprint density at radius 2 is 1.82 bits per heavy atom. The molecule has 0 saturated carbocycles. The van der Waals surface area contributed by atoms with E-state index in [1.807, 2.05) is 42.5 Å². The van der Waals surface area contributed by atoms with Gasteiger partial charge >= 0.3 is 0 Å². The highest BCUT2D eigenvalue weighted by Crippen LogP contribution is 2.29. The second-order valence-electron chi connectivity index (χ2n) is 4.69. The Morgan fingerprint density at radius 1 is 1.09 bits per heavy atom. The van der Waals surface area contributed by atoms with E-state index in [1.165, 1.54) is 0 Å². The number of hydrogen-bond donors (Lipinski definition) is 1. The number of benzene rings is 2. The van der Waals surface area contributed by atoms with Crippen LogP contribution in [0.4, 0.5) is 5.69 Å². The molecule has 5 heteroatoms. The molecule has 1 amide bonds. The summed E-state index contributed by atoms with van der Waals surface area (Å²) >= 11 is 0. The first-order valence-corrected chi connectivity index (χ1v) is 6.79. The van der Waals surface area contributed by atoms with E-state index >= 15 is 0 Å². The minimum absolute atomic E-state index is 0.229. The van der Waals surface area contributed by atoms with E-state index in [9.17, 15) is 4.79 Å². The fraction of sp³-hybridized carbons (Fsp3) is 0.0588. The minimum Gasteiger partial charge on any atom is -0.455 e. The zero-order valence-electron chi connectivity index (χ0n) is 11.9. The molecule has 0 bridgehead atoms. The van der Waals surface area contributed by atoms with Crippen LogP contribution in [-0.4, -0.2) is 11.1 Å². The Kier molecular flexibility index (Phi) is 3.87. The minimum atomic E-state index is -0.346. The first-order chi connectivity index (χ1) is 10.7. The summed E-state index contributed by atoms with van der Waals surface area (Å²) in [6.45, 7) is 1.73. The molecule has 0 aliphatic rings. The van der Waals surface area contributed by atoms with Crippen LogP contribution < -0.4 is 10.1 Å². The molecule has 0 radical (unpaired) electrons. The molecule has 0 fully saturated rings. The smallest absolute Gasteiger partial charge is 0.277 e. The van der Waals surface area contributed by atoms with Gasteiger partial charge in [-0.15, -0.1) is 0 Å². The fourth-order valence-corrected chi connectivity index (χ4v) is 1.93. The maximum absolute atomic E-state index is 12.1. The number of anilines is 1. The van der Waals surface area contributed by atoms with Gasteiger partial charge in [-0.1, -0.05) is 35.5 Å². The number of para-hydroxylation sites is 3. The molecular formula is C17H14N2O3. The molecule has 1 N–H and O–H groups in total. The zero-order valence-corrected chi connectivity index (χ0v) is 11.9. The highest BCUT2D eigenvalue weighted by molar-refractivity contribution is 6.03. The van der Waals surface area contributed by atoms with Crippen LogP contribution in [0.2, 0.25) is 0 Å².